The van der Waals surface area contributed by atoms with Crippen LogP contribution in [0.25, 0.3) is 10.9 Å². The van der Waals surface area contributed by atoms with Gasteiger partial charge in [0.25, 0.3) is 0 Å². The lowest BCUT2D eigenvalue weighted by Gasteiger charge is -1.97. The first-order valence-corrected chi connectivity index (χ1v) is 3.14. The van der Waals surface area contributed by atoms with Crippen molar-refractivity contribution in [1.29, 1.82) is 0 Å². The number of aromatic nitrogens is 1. The highest BCUT2D eigenvalue weighted by Gasteiger charge is 1.94. The van der Waals surface area contributed by atoms with E-state index in [0.717, 1.165) is 4.98 Å². The van der Waals surface area contributed by atoms with Crippen molar-refractivity contribution in [2.24, 2.45) is 0 Å². The third-order valence-electron chi connectivity index (χ3n) is 1.40. The molecule has 0 aliphatic heterocycles. The predicted molar refractivity (Wildman–Crippen MR) is 44.9 cm³/mol. The van der Waals surface area contributed by atoms with E-state index in [9.17, 15) is 0 Å². The first-order chi connectivity index (χ1) is 7.49. The molecule has 11 heavy (non-hydrogen) atoms. The summed E-state index contributed by atoms with van der Waals surface area (Å²) >= 11 is 0. The second kappa shape index (κ2) is 2.31. The summed E-state index contributed by atoms with van der Waals surface area (Å²) in [5.74, 6) is 0.0617. The van der Waals surface area contributed by atoms with E-state index in [1.807, 2.05) is 0 Å². The van der Waals surface area contributed by atoms with Gasteiger partial charge in [-0.2, -0.15) is 0 Å². The van der Waals surface area contributed by atoms with Gasteiger partial charge in [-0.25, -0.2) is 0 Å². The Labute approximate surface area is 71.9 Å². The minimum absolute atomic E-state index is 0.0222. The van der Waals surface area contributed by atoms with Crippen LogP contribution in [0.15, 0.2) is 30.4 Å². The van der Waals surface area contributed by atoms with Gasteiger partial charge in [-0.1, -0.05) is 0 Å². The number of hydrogen-bond donors (Lipinski definition) is 1. The van der Waals surface area contributed by atoms with Gasteiger partial charge in [-0.15, -0.1) is 0 Å². The molecule has 2 heteroatoms. The van der Waals surface area contributed by atoms with Crippen LogP contribution >= 0.6 is 0 Å². The van der Waals surface area contributed by atoms with Gasteiger partial charge in [0.15, 0.2) is 1.41 Å². The van der Waals surface area contributed by atoms with Crippen LogP contribution in [0.4, 0.5) is 0 Å². The van der Waals surface area contributed by atoms with Crippen molar-refractivity contribution in [3.05, 3.63) is 30.4 Å². The normalized spacial score (nSPS) is 16.6. The second-order valence-corrected chi connectivity index (χ2v) is 2.06. The van der Waals surface area contributed by atoms with E-state index >= 15 is 0 Å². The zero-order valence-corrected chi connectivity index (χ0v) is 5.93. The van der Waals surface area contributed by atoms with Gasteiger partial charge in [-0.05, 0) is 24.2 Å². The third-order valence-corrected chi connectivity index (χ3v) is 1.40. The molecule has 0 bridgehead atoms. The van der Waals surface area contributed by atoms with Gasteiger partial charge in [-0.3, -0.25) is 0 Å². The summed E-state index contributed by atoms with van der Waals surface area (Å²) in [4.78, 5) is 0.743. The molecule has 0 amide bonds. The fourth-order valence-corrected chi connectivity index (χ4v) is 0.857. The van der Waals surface area contributed by atoms with E-state index < -0.39 is 0 Å². The standard InChI is InChI=1S/C9H9NO/c1-11-8-2-3-9-7(6-8)4-5-10-9/h2-6,10H,1H3/i2D,4D,5D,6D/hD. The lowest BCUT2D eigenvalue weighted by atomic mass is 10.2. The zero-order valence-electron chi connectivity index (χ0n) is 10.9. The van der Waals surface area contributed by atoms with Gasteiger partial charge in [0, 0.05) is 17.1 Å². The fraction of sp³-hybridized carbons (Fsp3) is 0.111. The van der Waals surface area contributed by atoms with Crippen LogP contribution in [-0.2, 0) is 0 Å². The van der Waals surface area contributed by atoms with Crippen molar-refractivity contribution < 1.29 is 11.6 Å². The molecule has 2 nitrogen and oxygen atoms in total. The summed E-state index contributed by atoms with van der Waals surface area (Å²) in [6, 6.07) is 1.00. The Kier molecular flexibility index (Phi) is 0.607. The van der Waals surface area contributed by atoms with Crippen molar-refractivity contribution in [1.82, 2.24) is 4.98 Å². The number of fused-ring (bicyclic) bond motifs is 1. The first-order valence-electron chi connectivity index (χ1n) is 5.58. The van der Waals surface area contributed by atoms with Crippen LogP contribution in [0.1, 0.15) is 5.48 Å². The molecule has 2 aromatic rings. The molecule has 0 aliphatic carbocycles. The van der Waals surface area contributed by atoms with Crippen molar-refractivity contribution in [3.8, 4) is 5.75 Å². The third kappa shape index (κ3) is 0.963. The second-order valence-electron chi connectivity index (χ2n) is 2.06. The van der Waals surface area contributed by atoms with Crippen LogP contribution in [0, 0.1) is 0 Å². The first kappa shape index (κ1) is 2.89. The lowest BCUT2D eigenvalue weighted by molar-refractivity contribution is 0.415. The summed E-state index contributed by atoms with van der Waals surface area (Å²) in [6.45, 7) is 0. The SMILES string of the molecule is [2H]c1cc2c(c([2H])c1OC)c([2H])c([2H])n2[2H]. The van der Waals surface area contributed by atoms with Crippen LogP contribution in [0.2, 0.25) is 1.41 Å². The molecule has 0 fully saturated rings. The highest BCUT2D eigenvalue weighted by Crippen LogP contribution is 2.18. The molecule has 0 unspecified atom stereocenters. The molecule has 0 spiro atoms. The number of H-pyrrole nitrogens is 1. The highest BCUT2D eigenvalue weighted by molar-refractivity contribution is 5.80. The molecule has 1 aromatic carbocycles. The van der Waals surface area contributed by atoms with Gasteiger partial charge < -0.3 is 9.71 Å². The molecule has 0 radical (unpaired) electrons. The Morgan fingerprint density at radius 2 is 2.55 bits per heavy atom. The van der Waals surface area contributed by atoms with E-state index in [4.69, 9.17) is 11.6 Å². The van der Waals surface area contributed by atoms with Crippen LogP contribution in [-0.4, -0.2) is 12.1 Å². The van der Waals surface area contributed by atoms with Gasteiger partial charge >= 0.3 is 0 Å². The Morgan fingerprint density at radius 1 is 1.64 bits per heavy atom. The average Bonchev–Trinajstić information content (AvgIpc) is 2.44. The molecule has 0 atom stereocenters. The minimum Gasteiger partial charge on any atom is -0.497 e. The maximum absolute atomic E-state index is 7.79. The number of nitrogens with one attached hydrogen (secondary N) is 1. The zero-order chi connectivity index (χ0) is 12.0. The molecule has 2 rings (SSSR count). The quantitative estimate of drug-likeness (QED) is 0.665. The van der Waals surface area contributed by atoms with Crippen molar-refractivity contribution >= 4 is 10.9 Å². The van der Waals surface area contributed by atoms with Crippen LogP contribution < -0.4 is 4.74 Å². The lowest BCUT2D eigenvalue weighted by Crippen LogP contribution is -1.80. The summed E-state index contributed by atoms with van der Waals surface area (Å²) in [5, 5.41) is 0.174. The molecule has 0 saturated carbocycles. The Bertz CT molecular complexity index is 577. The number of aromatic amines is 1. The number of hydrogen-bond acceptors (Lipinski definition) is 1. The number of methoxy groups -OCH3 is 1. The Morgan fingerprint density at radius 3 is 3.36 bits per heavy atom. The highest BCUT2D eigenvalue weighted by atomic mass is 16.5. The summed E-state index contributed by atoms with van der Waals surface area (Å²) in [7, 11) is 1.35. The van der Waals surface area contributed by atoms with E-state index in [-0.39, 0.29) is 41.0 Å². The Hall–Kier alpha value is -1.44. The van der Waals surface area contributed by atoms with E-state index in [0.29, 0.717) is 0 Å². The van der Waals surface area contributed by atoms with Gasteiger partial charge in [0.1, 0.15) is 5.75 Å². The average molecular weight is 152 g/mol. The number of ether oxygens (including phenoxy) is 1. The largest absolute Gasteiger partial charge is 0.497 e. The number of rotatable bonds is 1. The van der Waals surface area contributed by atoms with Crippen molar-refractivity contribution in [2.45, 2.75) is 0 Å². The molecule has 1 heterocycles. The maximum Gasteiger partial charge on any atom is 0.166 e. The van der Waals surface area contributed by atoms with Crippen molar-refractivity contribution in [2.75, 3.05) is 7.11 Å². The number of benzene rings is 1. The summed E-state index contributed by atoms with van der Waals surface area (Å²) < 4.78 is 42.9. The fourth-order valence-electron chi connectivity index (χ4n) is 0.857. The molecule has 1 N–H and O–H groups in total. The van der Waals surface area contributed by atoms with Crippen molar-refractivity contribution in [3.63, 3.8) is 0 Å². The molecule has 56 valence electrons. The van der Waals surface area contributed by atoms with Crippen LogP contribution in [0.3, 0.4) is 0 Å². The summed E-state index contributed by atoms with van der Waals surface area (Å²) in [5.41, 5.74) is 0.214. The van der Waals surface area contributed by atoms with E-state index in [1.165, 1.54) is 13.2 Å². The molecular weight excluding hydrogens is 138 g/mol. The van der Waals surface area contributed by atoms with E-state index in [1.54, 1.807) is 0 Å². The Balaban J connectivity index is 2.99. The van der Waals surface area contributed by atoms with E-state index in [2.05, 4.69) is 0 Å². The molecule has 1 aromatic heterocycles. The molecular formula is C9H9NO. The minimum atomic E-state index is -0.295. The predicted octanol–water partition coefficient (Wildman–Crippen LogP) is 2.18. The van der Waals surface area contributed by atoms with Crippen LogP contribution in [0.5, 0.6) is 5.75 Å². The smallest absolute Gasteiger partial charge is 0.166 e. The monoisotopic (exact) mass is 152 g/mol. The molecule has 0 saturated heterocycles. The maximum atomic E-state index is 7.79. The summed E-state index contributed by atoms with van der Waals surface area (Å²) in [6.07, 6.45) is -0.295. The van der Waals surface area contributed by atoms with Gasteiger partial charge in [0.05, 0.1) is 12.6 Å². The molecule has 0 aliphatic rings. The van der Waals surface area contributed by atoms with Gasteiger partial charge in [0.2, 0.25) is 0 Å². The topological polar surface area (TPSA) is 25.0 Å².